The molecule has 0 spiro atoms. The van der Waals surface area contributed by atoms with Gasteiger partial charge in [-0.3, -0.25) is 5.43 Å². The van der Waals surface area contributed by atoms with Crippen LogP contribution in [-0.4, -0.2) is 39.9 Å². The normalized spacial score (nSPS) is 10.3. The highest BCUT2D eigenvalue weighted by molar-refractivity contribution is 5.37. The predicted octanol–water partition coefficient (Wildman–Crippen LogP) is -0.860. The summed E-state index contributed by atoms with van der Waals surface area (Å²) in [6.07, 6.45) is 4.46. The molecule has 4 N–H and O–H groups in total. The van der Waals surface area contributed by atoms with Gasteiger partial charge in [-0.15, -0.1) is 0 Å². The smallest absolute Gasteiger partial charge is 0.258 e. The number of hydrogen-bond donors (Lipinski definition) is 3. The number of nitrogens with zero attached hydrogens (tertiary/aromatic N) is 8. The Morgan fingerprint density at radius 2 is 2.10 bits per heavy atom. The van der Waals surface area contributed by atoms with Gasteiger partial charge >= 0.3 is 0 Å². The van der Waals surface area contributed by atoms with E-state index in [1.54, 1.807) is 12.3 Å². The van der Waals surface area contributed by atoms with Crippen molar-refractivity contribution >= 4 is 11.9 Å². The molecule has 0 saturated heterocycles. The van der Waals surface area contributed by atoms with Crippen LogP contribution in [0.4, 0.5) is 11.9 Å². The molecule has 11 heteroatoms. The molecule has 0 unspecified atom stereocenters. The number of anilines is 2. The highest BCUT2D eigenvalue weighted by Crippen LogP contribution is 2.08. The van der Waals surface area contributed by atoms with Crippen LogP contribution < -0.4 is 16.6 Å². The van der Waals surface area contributed by atoms with E-state index in [-0.39, 0.29) is 11.9 Å². The van der Waals surface area contributed by atoms with Gasteiger partial charge in [0.15, 0.2) is 0 Å². The average Bonchev–Trinajstić information content (AvgIpc) is 3.08. The van der Waals surface area contributed by atoms with Gasteiger partial charge in [-0.05, 0) is 12.1 Å². The van der Waals surface area contributed by atoms with Crippen LogP contribution >= 0.6 is 0 Å². The Morgan fingerprint density at radius 3 is 2.81 bits per heavy atom. The van der Waals surface area contributed by atoms with E-state index in [0.717, 1.165) is 5.69 Å². The molecule has 3 rings (SSSR count). The van der Waals surface area contributed by atoms with E-state index in [1.807, 2.05) is 6.07 Å². The third-order valence-electron chi connectivity index (χ3n) is 2.43. The van der Waals surface area contributed by atoms with E-state index >= 15 is 0 Å². The second-order valence-electron chi connectivity index (χ2n) is 3.84. The summed E-state index contributed by atoms with van der Waals surface area (Å²) < 4.78 is 1.40. The predicted molar refractivity (Wildman–Crippen MR) is 71.9 cm³/mol. The fourth-order valence-corrected chi connectivity index (χ4v) is 1.52. The fourth-order valence-electron chi connectivity index (χ4n) is 1.52. The molecular formula is C10H11N11. The first-order valence-electron chi connectivity index (χ1n) is 5.93. The lowest BCUT2D eigenvalue weighted by Crippen LogP contribution is -2.16. The quantitative estimate of drug-likeness (QED) is 0.399. The SMILES string of the molecule is NNc1nc(NCc2cccnn2)nc(-n2cncn2)n1. The maximum atomic E-state index is 5.35. The Bertz CT molecular complexity index is 696. The van der Waals surface area contributed by atoms with Crippen molar-refractivity contribution in [2.24, 2.45) is 5.84 Å². The molecule has 0 aromatic carbocycles. The zero-order chi connectivity index (χ0) is 14.5. The number of aromatic nitrogens is 8. The zero-order valence-electron chi connectivity index (χ0n) is 10.7. The fraction of sp³-hybridized carbons (Fsp3) is 0.100. The molecule has 3 aromatic rings. The standard InChI is InChI=1S/C10H11N11/c11-19-9-16-8(13-4-7-2-1-3-14-20-7)17-10(18-9)21-6-12-5-15-21/h1-3,5-6H,4,11H2,(H2,13,16,17,18,19). The van der Waals surface area contributed by atoms with Crippen LogP contribution in [0, 0.1) is 0 Å². The van der Waals surface area contributed by atoms with Crippen LogP contribution in [0.15, 0.2) is 31.0 Å². The van der Waals surface area contributed by atoms with Gasteiger partial charge in [0, 0.05) is 6.20 Å². The van der Waals surface area contributed by atoms with Crippen LogP contribution in [-0.2, 0) is 6.54 Å². The summed E-state index contributed by atoms with van der Waals surface area (Å²) in [6, 6.07) is 3.63. The topological polar surface area (TPSA) is 145 Å². The molecule has 11 nitrogen and oxygen atoms in total. The van der Waals surface area contributed by atoms with Crippen molar-refractivity contribution in [3.63, 3.8) is 0 Å². The minimum Gasteiger partial charge on any atom is -0.348 e. The van der Waals surface area contributed by atoms with Crippen LogP contribution in [0.2, 0.25) is 0 Å². The Kier molecular flexibility index (Phi) is 3.56. The largest absolute Gasteiger partial charge is 0.348 e. The Balaban J connectivity index is 1.83. The number of hydrazine groups is 1. The maximum Gasteiger partial charge on any atom is 0.258 e. The summed E-state index contributed by atoms with van der Waals surface area (Å²) in [5.41, 5.74) is 3.13. The third-order valence-corrected chi connectivity index (χ3v) is 2.43. The molecule has 0 aliphatic heterocycles. The lowest BCUT2D eigenvalue weighted by Gasteiger charge is -2.07. The molecule has 0 aliphatic carbocycles. The van der Waals surface area contributed by atoms with E-state index in [9.17, 15) is 0 Å². The van der Waals surface area contributed by atoms with Gasteiger partial charge < -0.3 is 5.32 Å². The highest BCUT2D eigenvalue weighted by Gasteiger charge is 2.08. The minimum absolute atomic E-state index is 0.206. The molecule has 0 fully saturated rings. The number of hydrogen-bond acceptors (Lipinski definition) is 10. The molecular weight excluding hydrogens is 274 g/mol. The van der Waals surface area contributed by atoms with Crippen molar-refractivity contribution in [3.8, 4) is 5.95 Å². The van der Waals surface area contributed by atoms with Crippen molar-refractivity contribution < 1.29 is 0 Å². The first-order chi connectivity index (χ1) is 10.3. The Morgan fingerprint density at radius 1 is 1.19 bits per heavy atom. The van der Waals surface area contributed by atoms with Crippen LogP contribution in [0.3, 0.4) is 0 Å². The molecule has 21 heavy (non-hydrogen) atoms. The van der Waals surface area contributed by atoms with Crippen LogP contribution in [0.5, 0.6) is 0 Å². The molecule has 3 aromatic heterocycles. The summed E-state index contributed by atoms with van der Waals surface area (Å²) >= 11 is 0. The lowest BCUT2D eigenvalue weighted by atomic mass is 10.4. The Hall–Kier alpha value is -3.21. The van der Waals surface area contributed by atoms with Gasteiger partial charge in [-0.2, -0.15) is 34.9 Å². The van der Waals surface area contributed by atoms with Gasteiger partial charge in [0.1, 0.15) is 12.7 Å². The van der Waals surface area contributed by atoms with Crippen molar-refractivity contribution in [2.75, 3.05) is 10.7 Å². The van der Waals surface area contributed by atoms with Gasteiger partial charge in [-0.25, -0.2) is 10.8 Å². The number of rotatable bonds is 5. The molecule has 0 aliphatic rings. The summed E-state index contributed by atoms with van der Waals surface area (Å²) in [5.74, 6) is 6.17. The van der Waals surface area contributed by atoms with Gasteiger partial charge in [-0.1, -0.05) is 0 Å². The number of nitrogens with two attached hydrogens (primary N) is 1. The number of nitrogens with one attached hydrogen (secondary N) is 2. The monoisotopic (exact) mass is 285 g/mol. The summed E-state index contributed by atoms with van der Waals surface area (Å²) in [5, 5.41) is 14.7. The van der Waals surface area contributed by atoms with E-state index in [1.165, 1.54) is 17.3 Å². The Labute approximate surface area is 118 Å². The van der Waals surface area contributed by atoms with Crippen molar-refractivity contribution in [3.05, 3.63) is 36.7 Å². The molecule has 106 valence electrons. The van der Waals surface area contributed by atoms with Crippen molar-refractivity contribution in [1.82, 2.24) is 39.9 Å². The van der Waals surface area contributed by atoms with Crippen LogP contribution in [0.25, 0.3) is 5.95 Å². The third kappa shape index (κ3) is 3.03. The second-order valence-corrected chi connectivity index (χ2v) is 3.84. The molecule has 0 radical (unpaired) electrons. The van der Waals surface area contributed by atoms with Gasteiger partial charge in [0.2, 0.25) is 11.9 Å². The van der Waals surface area contributed by atoms with Gasteiger partial charge in [0.05, 0.1) is 12.2 Å². The minimum atomic E-state index is 0.206. The highest BCUT2D eigenvalue weighted by atomic mass is 15.4. The maximum absolute atomic E-state index is 5.35. The summed E-state index contributed by atoms with van der Waals surface area (Å²) in [6.45, 7) is 0.415. The van der Waals surface area contributed by atoms with E-state index < -0.39 is 0 Å². The lowest BCUT2D eigenvalue weighted by molar-refractivity contribution is 0.792. The van der Waals surface area contributed by atoms with Crippen LogP contribution in [0.1, 0.15) is 5.69 Å². The van der Waals surface area contributed by atoms with Crippen molar-refractivity contribution in [1.29, 1.82) is 0 Å². The average molecular weight is 285 g/mol. The first-order valence-corrected chi connectivity index (χ1v) is 5.93. The molecule has 0 bridgehead atoms. The molecule has 0 saturated carbocycles. The van der Waals surface area contributed by atoms with E-state index in [0.29, 0.717) is 12.5 Å². The first kappa shape index (κ1) is 12.8. The molecule has 3 heterocycles. The zero-order valence-corrected chi connectivity index (χ0v) is 10.7. The molecule has 0 atom stereocenters. The molecule has 0 amide bonds. The van der Waals surface area contributed by atoms with E-state index in [4.69, 9.17) is 5.84 Å². The second kappa shape index (κ2) is 5.83. The summed E-state index contributed by atoms with van der Waals surface area (Å²) in [4.78, 5) is 16.2. The summed E-state index contributed by atoms with van der Waals surface area (Å²) in [7, 11) is 0. The van der Waals surface area contributed by atoms with E-state index in [2.05, 4.69) is 46.0 Å². The van der Waals surface area contributed by atoms with Crippen molar-refractivity contribution in [2.45, 2.75) is 6.54 Å². The number of nitrogen functional groups attached to an aromatic ring is 1. The van der Waals surface area contributed by atoms with Gasteiger partial charge in [0.25, 0.3) is 5.95 Å².